The fourth-order valence-corrected chi connectivity index (χ4v) is 5.74. The first-order chi connectivity index (χ1) is 17.4. The minimum Gasteiger partial charge on any atom is -0.463 e. The molecule has 182 valence electrons. The van der Waals surface area contributed by atoms with Crippen LogP contribution in [0.2, 0.25) is 5.02 Å². The Morgan fingerprint density at radius 2 is 1.97 bits per heavy atom. The van der Waals surface area contributed by atoms with Crippen molar-refractivity contribution in [3.05, 3.63) is 114 Å². The predicted molar refractivity (Wildman–Crippen MR) is 144 cm³/mol. The smallest absolute Gasteiger partial charge is 0.338 e. The van der Waals surface area contributed by atoms with Gasteiger partial charge in [0.15, 0.2) is 4.80 Å². The van der Waals surface area contributed by atoms with Gasteiger partial charge in [-0.3, -0.25) is 9.36 Å². The van der Waals surface area contributed by atoms with Crippen molar-refractivity contribution in [1.29, 1.82) is 0 Å². The summed E-state index contributed by atoms with van der Waals surface area (Å²) in [6, 6.07) is 14.5. The standard InChI is InChI=1S/C28H24ClN3O3S/c1-4-14-31-16-19(21-8-6-7-9-22(21)31)15-23-26(33)32-25(18-10-12-20(29)13-11-18)24(27(34)35-5-2)17(3)30-28(32)36-23/h4,6-13,15-16,25H,1,5,14H2,2-3H3/b23-15-/t25-/m1/s1. The number of hydrogen-bond acceptors (Lipinski definition) is 5. The van der Waals surface area contributed by atoms with Gasteiger partial charge in [-0.05, 0) is 43.7 Å². The minimum absolute atomic E-state index is 0.214. The maximum absolute atomic E-state index is 13.8. The number of fused-ring (bicyclic) bond motifs is 2. The van der Waals surface area contributed by atoms with Gasteiger partial charge in [0.1, 0.15) is 0 Å². The van der Waals surface area contributed by atoms with Gasteiger partial charge in [0.2, 0.25) is 0 Å². The molecule has 2 aromatic heterocycles. The number of benzene rings is 2. The molecule has 0 amide bonds. The van der Waals surface area contributed by atoms with Crippen molar-refractivity contribution in [2.75, 3.05) is 6.61 Å². The normalized spacial score (nSPS) is 15.6. The molecular formula is C28H24ClN3O3S. The molecule has 0 spiro atoms. The molecule has 4 aromatic rings. The molecule has 5 rings (SSSR count). The van der Waals surface area contributed by atoms with E-state index in [9.17, 15) is 9.59 Å². The van der Waals surface area contributed by atoms with Crippen molar-refractivity contribution in [2.24, 2.45) is 4.99 Å². The first-order valence-corrected chi connectivity index (χ1v) is 12.8. The quantitative estimate of drug-likeness (QED) is 0.277. The summed E-state index contributed by atoms with van der Waals surface area (Å²) in [5.74, 6) is -0.486. The monoisotopic (exact) mass is 517 g/mol. The number of carbonyl (C=O) groups is 1. The highest BCUT2D eigenvalue weighted by Crippen LogP contribution is 2.31. The molecular weight excluding hydrogens is 494 g/mol. The van der Waals surface area contributed by atoms with E-state index >= 15 is 0 Å². The van der Waals surface area contributed by atoms with Crippen LogP contribution in [0.25, 0.3) is 17.0 Å². The second kappa shape index (κ2) is 9.76. The lowest BCUT2D eigenvalue weighted by molar-refractivity contribution is -0.139. The summed E-state index contributed by atoms with van der Waals surface area (Å²) in [6.07, 6.45) is 5.76. The molecule has 0 aliphatic carbocycles. The number of rotatable bonds is 6. The van der Waals surface area contributed by atoms with Crippen molar-refractivity contribution in [1.82, 2.24) is 9.13 Å². The molecule has 0 saturated heterocycles. The van der Waals surface area contributed by atoms with Crippen molar-refractivity contribution in [3.8, 4) is 0 Å². The molecule has 8 heteroatoms. The molecule has 0 radical (unpaired) electrons. The molecule has 0 saturated carbocycles. The third kappa shape index (κ3) is 4.14. The number of allylic oxidation sites excluding steroid dienone is 2. The Morgan fingerprint density at radius 3 is 2.69 bits per heavy atom. The third-order valence-electron chi connectivity index (χ3n) is 6.13. The first-order valence-electron chi connectivity index (χ1n) is 11.6. The number of ether oxygens (including phenoxy) is 1. The summed E-state index contributed by atoms with van der Waals surface area (Å²) >= 11 is 7.43. The summed E-state index contributed by atoms with van der Waals surface area (Å²) in [5.41, 5.74) is 3.42. The Bertz CT molecular complexity index is 1710. The minimum atomic E-state index is -0.665. The Morgan fingerprint density at radius 1 is 1.22 bits per heavy atom. The zero-order valence-corrected chi connectivity index (χ0v) is 21.5. The summed E-state index contributed by atoms with van der Waals surface area (Å²) in [5, 5.41) is 1.61. The van der Waals surface area contributed by atoms with Crippen molar-refractivity contribution < 1.29 is 9.53 Å². The van der Waals surface area contributed by atoms with Crippen molar-refractivity contribution in [3.63, 3.8) is 0 Å². The van der Waals surface area contributed by atoms with Gasteiger partial charge in [0.25, 0.3) is 5.56 Å². The van der Waals surface area contributed by atoms with E-state index in [2.05, 4.69) is 16.1 Å². The van der Waals surface area contributed by atoms with Crippen molar-refractivity contribution >= 4 is 45.9 Å². The zero-order chi connectivity index (χ0) is 25.4. The fourth-order valence-electron chi connectivity index (χ4n) is 4.57. The summed E-state index contributed by atoms with van der Waals surface area (Å²) in [4.78, 5) is 32.0. The van der Waals surface area contributed by atoms with Crippen LogP contribution in [0.4, 0.5) is 0 Å². The van der Waals surface area contributed by atoms with Gasteiger partial charge in [-0.15, -0.1) is 6.58 Å². The number of hydrogen-bond donors (Lipinski definition) is 0. The highest BCUT2D eigenvalue weighted by atomic mass is 35.5. The van der Waals surface area contributed by atoms with Crippen LogP contribution in [0.5, 0.6) is 0 Å². The lowest BCUT2D eigenvalue weighted by atomic mass is 9.96. The molecule has 6 nitrogen and oxygen atoms in total. The number of aromatic nitrogens is 2. The maximum atomic E-state index is 13.8. The average Bonchev–Trinajstić information content (AvgIpc) is 3.36. The highest BCUT2D eigenvalue weighted by Gasteiger charge is 2.33. The molecule has 0 N–H and O–H groups in total. The molecule has 1 aliphatic rings. The Hall–Kier alpha value is -3.68. The van der Waals surface area contributed by atoms with Crippen LogP contribution in [-0.2, 0) is 16.1 Å². The van der Waals surface area contributed by atoms with Gasteiger partial charge in [-0.1, -0.05) is 59.3 Å². The molecule has 3 heterocycles. The number of para-hydroxylation sites is 1. The van der Waals surface area contributed by atoms with Crippen LogP contribution in [0, 0.1) is 0 Å². The van der Waals surface area contributed by atoms with E-state index in [0.29, 0.717) is 32.2 Å². The molecule has 36 heavy (non-hydrogen) atoms. The molecule has 2 aromatic carbocycles. The lowest BCUT2D eigenvalue weighted by Crippen LogP contribution is -2.39. The van der Waals surface area contributed by atoms with Gasteiger partial charge < -0.3 is 9.30 Å². The Balaban J connectivity index is 1.74. The second-order valence-corrected chi connectivity index (χ2v) is 9.84. The van der Waals surface area contributed by atoms with E-state index in [1.807, 2.05) is 54.7 Å². The topological polar surface area (TPSA) is 65.6 Å². The van der Waals surface area contributed by atoms with Gasteiger partial charge in [-0.25, -0.2) is 9.79 Å². The summed E-state index contributed by atoms with van der Waals surface area (Å²) < 4.78 is 9.57. The maximum Gasteiger partial charge on any atom is 0.338 e. The van der Waals surface area contributed by atoms with Crippen LogP contribution < -0.4 is 14.9 Å². The predicted octanol–water partition coefficient (Wildman–Crippen LogP) is 4.59. The summed E-state index contributed by atoms with van der Waals surface area (Å²) in [7, 11) is 0. The van der Waals surface area contributed by atoms with E-state index in [-0.39, 0.29) is 12.2 Å². The Kier molecular flexibility index (Phi) is 6.51. The molecule has 0 fully saturated rings. The summed E-state index contributed by atoms with van der Waals surface area (Å²) in [6.45, 7) is 8.26. The number of nitrogens with zero attached hydrogens (tertiary/aromatic N) is 3. The van der Waals surface area contributed by atoms with E-state index in [1.54, 1.807) is 30.5 Å². The van der Waals surface area contributed by atoms with Gasteiger partial charge in [0.05, 0.1) is 28.5 Å². The van der Waals surface area contributed by atoms with Crippen LogP contribution in [0.3, 0.4) is 0 Å². The van der Waals surface area contributed by atoms with Gasteiger partial charge in [-0.2, -0.15) is 0 Å². The van der Waals surface area contributed by atoms with Crippen LogP contribution in [0.15, 0.2) is 88.4 Å². The molecule has 1 aliphatic heterocycles. The lowest BCUT2D eigenvalue weighted by Gasteiger charge is -2.24. The van der Waals surface area contributed by atoms with E-state index < -0.39 is 12.0 Å². The number of carbonyl (C=O) groups excluding carboxylic acids is 1. The molecule has 0 unspecified atom stereocenters. The van der Waals surface area contributed by atoms with Gasteiger partial charge in [0, 0.05) is 34.2 Å². The largest absolute Gasteiger partial charge is 0.463 e. The first kappa shape index (κ1) is 24.0. The SMILES string of the molecule is C=CCn1cc(/C=c2\sc3n(c2=O)[C@H](c2ccc(Cl)cc2)C(C(=O)OCC)=C(C)N=3)c2ccccc21. The van der Waals surface area contributed by atoms with Crippen LogP contribution in [0.1, 0.15) is 31.0 Å². The van der Waals surface area contributed by atoms with Crippen LogP contribution >= 0.6 is 22.9 Å². The number of halogens is 1. The zero-order valence-electron chi connectivity index (χ0n) is 19.9. The average molecular weight is 518 g/mol. The van der Waals surface area contributed by atoms with E-state index in [1.165, 1.54) is 11.3 Å². The fraction of sp³-hybridized carbons (Fsp3) is 0.179. The second-order valence-electron chi connectivity index (χ2n) is 8.40. The third-order valence-corrected chi connectivity index (χ3v) is 7.37. The molecule has 0 bridgehead atoms. The van der Waals surface area contributed by atoms with E-state index in [4.69, 9.17) is 16.3 Å². The number of thiazole rings is 1. The van der Waals surface area contributed by atoms with Gasteiger partial charge >= 0.3 is 5.97 Å². The number of esters is 1. The van der Waals surface area contributed by atoms with E-state index in [0.717, 1.165) is 22.0 Å². The highest BCUT2D eigenvalue weighted by molar-refractivity contribution is 7.07. The van der Waals surface area contributed by atoms with Crippen LogP contribution in [-0.4, -0.2) is 21.7 Å². The Labute approximate surface area is 216 Å². The van der Waals surface area contributed by atoms with Crippen molar-refractivity contribution in [2.45, 2.75) is 26.4 Å². The molecule has 1 atom stereocenters.